The van der Waals surface area contributed by atoms with Crippen molar-refractivity contribution in [2.24, 2.45) is 11.8 Å². The van der Waals surface area contributed by atoms with Crippen molar-refractivity contribution >= 4 is 0 Å². The van der Waals surface area contributed by atoms with Crippen molar-refractivity contribution in [1.82, 2.24) is 10.2 Å². The lowest BCUT2D eigenvalue weighted by Crippen LogP contribution is -2.48. The fourth-order valence-electron chi connectivity index (χ4n) is 3.33. The molecule has 1 aliphatic heterocycles. The van der Waals surface area contributed by atoms with Gasteiger partial charge in [0.15, 0.2) is 0 Å². The maximum Gasteiger partial charge on any atom is 0.0571 e. The topological polar surface area (TPSA) is 35.5 Å². The Kier molecular flexibility index (Phi) is 3.42. The zero-order chi connectivity index (χ0) is 11.8. The highest BCUT2D eigenvalue weighted by molar-refractivity contribution is 4.91. The van der Waals surface area contributed by atoms with Crippen LogP contribution in [0.1, 0.15) is 38.5 Å². The van der Waals surface area contributed by atoms with Gasteiger partial charge in [-0.1, -0.05) is 0 Å². The second-order valence-corrected chi connectivity index (χ2v) is 6.60. The summed E-state index contributed by atoms with van der Waals surface area (Å²) in [6.07, 6.45) is 7.53. The first kappa shape index (κ1) is 11.9. The van der Waals surface area contributed by atoms with E-state index < -0.39 is 0 Å². The van der Waals surface area contributed by atoms with Crippen LogP contribution in [0.25, 0.3) is 0 Å². The Morgan fingerprint density at radius 2 is 1.94 bits per heavy atom. The highest BCUT2D eigenvalue weighted by Gasteiger charge is 2.35. The van der Waals surface area contributed by atoms with Crippen molar-refractivity contribution in [3.63, 3.8) is 0 Å². The number of aliphatic hydroxyl groups is 1. The number of nitrogens with one attached hydrogen (secondary N) is 1. The van der Waals surface area contributed by atoms with Crippen LogP contribution in [0.5, 0.6) is 0 Å². The Balaban J connectivity index is 1.48. The fourth-order valence-corrected chi connectivity index (χ4v) is 3.33. The minimum atomic E-state index is -0.0203. The first-order chi connectivity index (χ1) is 8.20. The van der Waals surface area contributed by atoms with Crippen LogP contribution in [0.15, 0.2) is 0 Å². The lowest BCUT2D eigenvalue weighted by molar-refractivity contribution is 0.0836. The predicted octanol–water partition coefficient (Wildman–Crippen LogP) is 1.22. The molecular weight excluding hydrogens is 212 g/mol. The second kappa shape index (κ2) is 4.87. The molecule has 2 saturated carbocycles. The van der Waals surface area contributed by atoms with E-state index in [0.717, 1.165) is 12.5 Å². The van der Waals surface area contributed by atoms with Crippen LogP contribution < -0.4 is 5.32 Å². The van der Waals surface area contributed by atoms with Crippen LogP contribution in [0.3, 0.4) is 0 Å². The zero-order valence-electron chi connectivity index (χ0n) is 10.9. The maximum atomic E-state index is 10.1. The van der Waals surface area contributed by atoms with Crippen LogP contribution in [-0.2, 0) is 0 Å². The van der Waals surface area contributed by atoms with E-state index in [0.29, 0.717) is 17.9 Å². The third-order valence-electron chi connectivity index (χ3n) is 4.51. The summed E-state index contributed by atoms with van der Waals surface area (Å²) in [5, 5.41) is 13.8. The summed E-state index contributed by atoms with van der Waals surface area (Å²) in [7, 11) is 2.22. The minimum absolute atomic E-state index is 0.0203. The maximum absolute atomic E-state index is 10.1. The minimum Gasteiger partial charge on any atom is -0.393 e. The highest BCUT2D eigenvalue weighted by atomic mass is 16.3. The molecule has 1 heterocycles. The van der Waals surface area contributed by atoms with Gasteiger partial charge in [0.25, 0.3) is 0 Å². The number of nitrogens with zero attached hydrogens (tertiary/aromatic N) is 1. The summed E-state index contributed by atoms with van der Waals surface area (Å²) in [5.41, 5.74) is 0. The van der Waals surface area contributed by atoms with E-state index in [1.54, 1.807) is 0 Å². The lowest BCUT2D eigenvalue weighted by Gasteiger charge is -2.37. The molecule has 0 amide bonds. The molecule has 2 aliphatic carbocycles. The van der Waals surface area contributed by atoms with Gasteiger partial charge in [0.1, 0.15) is 0 Å². The molecule has 0 aromatic rings. The molecule has 3 aliphatic rings. The average molecular weight is 238 g/mol. The van der Waals surface area contributed by atoms with Gasteiger partial charge in [0, 0.05) is 25.2 Å². The number of likely N-dealkylation sites (tertiary alicyclic amines) is 1. The van der Waals surface area contributed by atoms with Crippen molar-refractivity contribution in [3.05, 3.63) is 0 Å². The Labute approximate surface area is 105 Å². The molecule has 0 bridgehead atoms. The molecule has 98 valence electrons. The Bertz CT molecular complexity index is 261. The van der Waals surface area contributed by atoms with E-state index >= 15 is 0 Å². The molecule has 0 radical (unpaired) electrons. The smallest absolute Gasteiger partial charge is 0.0571 e. The number of likely N-dealkylation sites (N-methyl/N-ethyl adjacent to an activating group) is 1. The summed E-state index contributed by atoms with van der Waals surface area (Å²) in [5.74, 6) is 1.33. The summed E-state index contributed by atoms with van der Waals surface area (Å²) in [4.78, 5) is 2.44. The van der Waals surface area contributed by atoms with Crippen LogP contribution in [0, 0.1) is 11.8 Å². The van der Waals surface area contributed by atoms with Crippen molar-refractivity contribution in [1.29, 1.82) is 0 Å². The monoisotopic (exact) mass is 238 g/mol. The molecule has 3 fully saturated rings. The van der Waals surface area contributed by atoms with Gasteiger partial charge in [-0.2, -0.15) is 0 Å². The molecule has 3 heteroatoms. The normalized spacial score (nSPS) is 37.1. The van der Waals surface area contributed by atoms with Gasteiger partial charge in [-0.05, 0) is 57.4 Å². The van der Waals surface area contributed by atoms with Gasteiger partial charge in [0.05, 0.1) is 6.10 Å². The molecule has 0 spiro atoms. The molecule has 3 atom stereocenters. The highest BCUT2D eigenvalue weighted by Crippen LogP contribution is 2.36. The average Bonchev–Trinajstić information content (AvgIpc) is 3.12. The van der Waals surface area contributed by atoms with E-state index in [9.17, 15) is 5.11 Å². The van der Waals surface area contributed by atoms with Crippen molar-refractivity contribution in [2.75, 3.05) is 20.1 Å². The molecule has 17 heavy (non-hydrogen) atoms. The van der Waals surface area contributed by atoms with Crippen LogP contribution in [0.2, 0.25) is 0 Å². The van der Waals surface area contributed by atoms with Gasteiger partial charge < -0.3 is 15.3 Å². The third-order valence-corrected chi connectivity index (χ3v) is 4.51. The fraction of sp³-hybridized carbons (Fsp3) is 1.00. The van der Waals surface area contributed by atoms with Crippen LogP contribution >= 0.6 is 0 Å². The number of rotatable bonds is 5. The molecule has 1 saturated heterocycles. The summed E-state index contributed by atoms with van der Waals surface area (Å²) in [6.45, 7) is 2.36. The number of hydrogen-bond donors (Lipinski definition) is 2. The Hall–Kier alpha value is -0.120. The zero-order valence-corrected chi connectivity index (χ0v) is 10.9. The van der Waals surface area contributed by atoms with E-state index in [2.05, 4.69) is 17.3 Å². The molecule has 3 rings (SSSR count). The Morgan fingerprint density at radius 1 is 1.18 bits per heavy atom. The summed E-state index contributed by atoms with van der Waals surface area (Å²) < 4.78 is 0. The van der Waals surface area contributed by atoms with Crippen molar-refractivity contribution < 1.29 is 5.11 Å². The van der Waals surface area contributed by atoms with E-state index in [-0.39, 0.29) is 6.10 Å². The number of aliphatic hydroxyl groups excluding tert-OH is 1. The first-order valence-corrected chi connectivity index (χ1v) is 7.33. The predicted molar refractivity (Wildman–Crippen MR) is 68.9 cm³/mol. The van der Waals surface area contributed by atoms with Gasteiger partial charge in [-0.15, -0.1) is 0 Å². The second-order valence-electron chi connectivity index (χ2n) is 6.60. The first-order valence-electron chi connectivity index (χ1n) is 7.33. The van der Waals surface area contributed by atoms with Crippen molar-refractivity contribution in [3.8, 4) is 0 Å². The quantitative estimate of drug-likeness (QED) is 0.756. The SMILES string of the molecule is CN1CC(CC(O)C2CC2)CC(NC2CC2)C1. The van der Waals surface area contributed by atoms with Gasteiger partial charge in [-0.25, -0.2) is 0 Å². The summed E-state index contributed by atoms with van der Waals surface area (Å²) in [6, 6.07) is 1.47. The van der Waals surface area contributed by atoms with Gasteiger partial charge in [-0.3, -0.25) is 0 Å². The standard InChI is InChI=1S/C14H26N2O/c1-16-8-10(7-14(17)11-2-3-11)6-13(9-16)15-12-4-5-12/h10-15,17H,2-9H2,1H3. The lowest BCUT2D eigenvalue weighted by atomic mass is 9.88. The van der Waals surface area contributed by atoms with E-state index in [1.165, 1.54) is 45.2 Å². The van der Waals surface area contributed by atoms with Crippen LogP contribution in [-0.4, -0.2) is 48.3 Å². The molecule has 0 aromatic heterocycles. The van der Waals surface area contributed by atoms with Crippen molar-refractivity contribution in [2.45, 2.75) is 56.7 Å². The van der Waals surface area contributed by atoms with E-state index in [1.807, 2.05) is 0 Å². The largest absolute Gasteiger partial charge is 0.393 e. The molecule has 3 unspecified atom stereocenters. The molecular formula is C14H26N2O. The van der Waals surface area contributed by atoms with Gasteiger partial charge in [0.2, 0.25) is 0 Å². The number of hydrogen-bond acceptors (Lipinski definition) is 3. The Morgan fingerprint density at radius 3 is 2.59 bits per heavy atom. The van der Waals surface area contributed by atoms with Gasteiger partial charge >= 0.3 is 0 Å². The molecule has 0 aromatic carbocycles. The van der Waals surface area contributed by atoms with E-state index in [4.69, 9.17) is 0 Å². The molecule has 3 nitrogen and oxygen atoms in total. The van der Waals surface area contributed by atoms with Crippen LogP contribution in [0.4, 0.5) is 0 Å². The number of piperidine rings is 1. The summed E-state index contributed by atoms with van der Waals surface area (Å²) >= 11 is 0. The third kappa shape index (κ3) is 3.43. The molecule has 2 N–H and O–H groups in total.